The zero-order valence-corrected chi connectivity index (χ0v) is 13.0. The van der Waals surface area contributed by atoms with E-state index in [1.54, 1.807) is 0 Å². The maximum Gasteiger partial charge on any atom is 0.417 e. The fraction of sp³-hybridized carbons (Fsp3) is 0.385. The van der Waals surface area contributed by atoms with Gasteiger partial charge in [0.2, 0.25) is 5.28 Å². The van der Waals surface area contributed by atoms with Crippen LogP contribution in [0.25, 0.3) is 5.69 Å². The number of alkyl halides is 3. The molecule has 1 heterocycles. The predicted octanol–water partition coefficient (Wildman–Crippen LogP) is 4.89. The molecule has 2 rings (SSSR count). The summed E-state index contributed by atoms with van der Waals surface area (Å²) in [5.74, 6) is 0.461. The van der Waals surface area contributed by atoms with E-state index >= 15 is 0 Å². The third-order valence-corrected chi connectivity index (χ3v) is 3.38. The smallest absolute Gasteiger partial charge is 0.269 e. The molecule has 0 N–H and O–H groups in total. The lowest BCUT2D eigenvalue weighted by molar-refractivity contribution is -0.137. The van der Waals surface area contributed by atoms with Gasteiger partial charge in [-0.3, -0.25) is 4.57 Å². The molecule has 0 amide bonds. The summed E-state index contributed by atoms with van der Waals surface area (Å²) in [6.45, 7) is 5.60. The summed E-state index contributed by atoms with van der Waals surface area (Å²) in [5, 5.41) is 7.31. The van der Waals surface area contributed by atoms with E-state index in [0.29, 0.717) is 5.82 Å². The van der Waals surface area contributed by atoms with Gasteiger partial charge in [-0.1, -0.05) is 32.4 Å². The van der Waals surface area contributed by atoms with Gasteiger partial charge in [0.05, 0.1) is 16.3 Å². The quantitative estimate of drug-likeness (QED) is 0.741. The minimum absolute atomic E-state index is 0.00429. The summed E-state index contributed by atoms with van der Waals surface area (Å²) in [7, 11) is 0. The molecule has 0 atom stereocenters. The SMILES string of the molecule is CC(C)(C)c1nnc(Cl)n1-c1ccc(Cl)c(C(F)(F)F)c1. The summed E-state index contributed by atoms with van der Waals surface area (Å²) >= 11 is 11.6. The molecule has 1 aromatic heterocycles. The van der Waals surface area contributed by atoms with Crippen molar-refractivity contribution in [1.29, 1.82) is 0 Å². The Kier molecular flexibility index (Phi) is 3.97. The Morgan fingerprint density at radius 2 is 1.67 bits per heavy atom. The van der Waals surface area contributed by atoms with E-state index in [9.17, 15) is 13.2 Å². The molecule has 8 heteroatoms. The van der Waals surface area contributed by atoms with E-state index in [2.05, 4.69) is 10.2 Å². The molecular formula is C13H12Cl2F3N3. The van der Waals surface area contributed by atoms with Gasteiger partial charge in [-0.05, 0) is 29.8 Å². The van der Waals surface area contributed by atoms with E-state index in [1.165, 1.54) is 16.7 Å². The van der Waals surface area contributed by atoms with Crippen LogP contribution in [0.2, 0.25) is 10.3 Å². The lowest BCUT2D eigenvalue weighted by atomic mass is 9.95. The molecule has 1 aromatic carbocycles. The number of hydrogen-bond acceptors (Lipinski definition) is 2. The molecule has 0 unspecified atom stereocenters. The van der Waals surface area contributed by atoms with Crippen LogP contribution >= 0.6 is 23.2 Å². The second-order valence-corrected chi connectivity index (χ2v) is 6.29. The molecule has 0 saturated heterocycles. The molecule has 21 heavy (non-hydrogen) atoms. The van der Waals surface area contributed by atoms with Crippen LogP contribution in [0, 0.1) is 0 Å². The number of nitrogens with zero attached hydrogens (tertiary/aromatic N) is 3. The van der Waals surface area contributed by atoms with Crippen LogP contribution < -0.4 is 0 Å². The number of aromatic nitrogens is 3. The molecule has 0 aliphatic heterocycles. The fourth-order valence-corrected chi connectivity index (χ4v) is 2.29. The van der Waals surface area contributed by atoms with Crippen LogP contribution in [0.1, 0.15) is 32.2 Å². The molecule has 0 aliphatic rings. The van der Waals surface area contributed by atoms with Crippen LogP contribution in [-0.2, 0) is 11.6 Å². The number of hydrogen-bond donors (Lipinski definition) is 0. The number of rotatable bonds is 1. The van der Waals surface area contributed by atoms with E-state index < -0.39 is 17.2 Å². The molecule has 0 fully saturated rings. The lowest BCUT2D eigenvalue weighted by Crippen LogP contribution is -2.18. The van der Waals surface area contributed by atoms with E-state index in [1.807, 2.05) is 20.8 Å². The predicted molar refractivity (Wildman–Crippen MR) is 75.1 cm³/mol. The van der Waals surface area contributed by atoms with Crippen LogP contribution in [-0.4, -0.2) is 14.8 Å². The highest BCUT2D eigenvalue weighted by Crippen LogP contribution is 2.37. The van der Waals surface area contributed by atoms with E-state index in [0.717, 1.165) is 6.07 Å². The lowest BCUT2D eigenvalue weighted by Gasteiger charge is -2.20. The molecule has 3 nitrogen and oxygen atoms in total. The van der Waals surface area contributed by atoms with Crippen molar-refractivity contribution in [1.82, 2.24) is 14.8 Å². The molecule has 0 spiro atoms. The Morgan fingerprint density at radius 1 is 1.05 bits per heavy atom. The van der Waals surface area contributed by atoms with Gasteiger partial charge >= 0.3 is 6.18 Å². The van der Waals surface area contributed by atoms with Crippen molar-refractivity contribution in [3.8, 4) is 5.69 Å². The molecule has 0 radical (unpaired) electrons. The zero-order valence-electron chi connectivity index (χ0n) is 11.5. The second-order valence-electron chi connectivity index (χ2n) is 5.54. The molecule has 0 bridgehead atoms. The highest BCUT2D eigenvalue weighted by Gasteiger charge is 2.34. The monoisotopic (exact) mass is 337 g/mol. The standard InChI is InChI=1S/C13H12Cl2F3N3/c1-12(2,3)10-19-20-11(15)21(10)7-4-5-9(14)8(6-7)13(16,17)18/h4-6H,1-3H3. The van der Waals surface area contributed by atoms with Crippen molar-refractivity contribution in [2.75, 3.05) is 0 Å². The average Bonchev–Trinajstić information content (AvgIpc) is 2.70. The van der Waals surface area contributed by atoms with Crippen LogP contribution in [0.15, 0.2) is 18.2 Å². The Balaban J connectivity index is 2.67. The van der Waals surface area contributed by atoms with Crippen molar-refractivity contribution in [2.45, 2.75) is 32.4 Å². The van der Waals surface area contributed by atoms with Crippen LogP contribution in [0.3, 0.4) is 0 Å². The molecule has 2 aromatic rings. The summed E-state index contributed by atoms with van der Waals surface area (Å²) in [5.41, 5.74) is -1.14. The van der Waals surface area contributed by atoms with Gasteiger partial charge in [0.15, 0.2) is 0 Å². The van der Waals surface area contributed by atoms with Gasteiger partial charge in [0.25, 0.3) is 0 Å². The minimum Gasteiger partial charge on any atom is -0.269 e. The number of halogens is 5. The third-order valence-electron chi connectivity index (χ3n) is 2.81. The van der Waals surface area contributed by atoms with Crippen molar-refractivity contribution >= 4 is 23.2 Å². The summed E-state index contributed by atoms with van der Waals surface area (Å²) in [6.07, 6.45) is -4.55. The van der Waals surface area contributed by atoms with Crippen molar-refractivity contribution in [3.63, 3.8) is 0 Å². The van der Waals surface area contributed by atoms with Crippen molar-refractivity contribution in [2.24, 2.45) is 0 Å². The normalized spacial score (nSPS) is 12.8. The van der Waals surface area contributed by atoms with Gasteiger partial charge < -0.3 is 0 Å². The van der Waals surface area contributed by atoms with Gasteiger partial charge in [0, 0.05) is 5.41 Å². The maximum absolute atomic E-state index is 12.9. The first-order valence-corrected chi connectivity index (χ1v) is 6.76. The zero-order chi connectivity index (χ0) is 16.0. The van der Waals surface area contributed by atoms with Gasteiger partial charge in [-0.25, -0.2) is 0 Å². The largest absolute Gasteiger partial charge is 0.417 e. The first kappa shape index (κ1) is 16.1. The first-order chi connectivity index (χ1) is 9.51. The van der Waals surface area contributed by atoms with Gasteiger partial charge in [0.1, 0.15) is 5.82 Å². The fourth-order valence-electron chi connectivity index (χ4n) is 1.85. The van der Waals surface area contributed by atoms with Crippen LogP contribution in [0.4, 0.5) is 13.2 Å². The van der Waals surface area contributed by atoms with E-state index in [-0.39, 0.29) is 16.0 Å². The second kappa shape index (κ2) is 5.18. The Bertz CT molecular complexity index is 672. The van der Waals surface area contributed by atoms with E-state index in [4.69, 9.17) is 23.2 Å². The first-order valence-electron chi connectivity index (χ1n) is 6.00. The molecule has 0 saturated carbocycles. The van der Waals surface area contributed by atoms with Crippen LogP contribution in [0.5, 0.6) is 0 Å². The topological polar surface area (TPSA) is 30.7 Å². The highest BCUT2D eigenvalue weighted by molar-refractivity contribution is 6.31. The Hall–Kier alpha value is -1.27. The molecule has 0 aliphatic carbocycles. The third kappa shape index (κ3) is 3.16. The maximum atomic E-state index is 12.9. The van der Waals surface area contributed by atoms with Crippen molar-refractivity contribution < 1.29 is 13.2 Å². The molecular weight excluding hydrogens is 326 g/mol. The summed E-state index contributed by atoms with van der Waals surface area (Å²) < 4.78 is 40.2. The van der Waals surface area contributed by atoms with Gasteiger partial charge in [-0.2, -0.15) is 13.2 Å². The summed E-state index contributed by atoms with van der Waals surface area (Å²) in [4.78, 5) is 0. The molecule has 114 valence electrons. The summed E-state index contributed by atoms with van der Waals surface area (Å²) in [6, 6.07) is 3.57. The minimum atomic E-state index is -4.55. The van der Waals surface area contributed by atoms with Gasteiger partial charge in [-0.15, -0.1) is 10.2 Å². The Labute approximate surface area is 129 Å². The van der Waals surface area contributed by atoms with Crippen molar-refractivity contribution in [3.05, 3.63) is 39.9 Å². The average molecular weight is 338 g/mol. The Morgan fingerprint density at radius 3 is 2.19 bits per heavy atom. The highest BCUT2D eigenvalue weighted by atomic mass is 35.5. The number of benzene rings is 1.